The molecule has 1 aliphatic heterocycles. The molecule has 0 spiro atoms. The number of nitrogens with one attached hydrogen (secondary N) is 1. The smallest absolute Gasteiger partial charge is 0.151 e. The van der Waals surface area contributed by atoms with Crippen molar-refractivity contribution in [2.45, 2.75) is 32.7 Å². The molecule has 1 aliphatic rings. The maximum atomic E-state index is 5.92. The molecule has 0 amide bonds. The molecule has 150 valence electrons. The largest absolute Gasteiger partial charge is 0.348 e. The second kappa shape index (κ2) is 7.88. The lowest BCUT2D eigenvalue weighted by atomic mass is 9.87. The fraction of sp³-hybridized carbons (Fsp3) is 0.333. The van der Waals surface area contributed by atoms with Gasteiger partial charge in [0.05, 0.1) is 33.2 Å². The SMILES string of the molecule is CC.CC1(CN)CCN1c1ccc(-c2ccc(-c3cn[nH]c3)c3ncsc23)nn1. The zero-order valence-electron chi connectivity index (χ0n) is 16.9. The Hall–Kier alpha value is -2.84. The summed E-state index contributed by atoms with van der Waals surface area (Å²) in [7, 11) is 0. The van der Waals surface area contributed by atoms with Gasteiger partial charge in [-0.1, -0.05) is 26.0 Å². The van der Waals surface area contributed by atoms with Gasteiger partial charge < -0.3 is 10.6 Å². The van der Waals surface area contributed by atoms with Crippen LogP contribution in [-0.4, -0.2) is 44.0 Å². The van der Waals surface area contributed by atoms with E-state index in [0.29, 0.717) is 6.54 Å². The van der Waals surface area contributed by atoms with Gasteiger partial charge >= 0.3 is 0 Å². The minimum absolute atomic E-state index is 0.00657. The van der Waals surface area contributed by atoms with Gasteiger partial charge in [0.25, 0.3) is 0 Å². The van der Waals surface area contributed by atoms with Gasteiger partial charge in [0.15, 0.2) is 5.82 Å². The van der Waals surface area contributed by atoms with E-state index >= 15 is 0 Å². The van der Waals surface area contributed by atoms with Crippen LogP contribution in [0.2, 0.25) is 0 Å². The molecule has 29 heavy (non-hydrogen) atoms. The summed E-state index contributed by atoms with van der Waals surface area (Å²) in [6, 6.07) is 8.22. The third-order valence-corrected chi connectivity index (χ3v) is 6.32. The van der Waals surface area contributed by atoms with Crippen molar-refractivity contribution in [2.24, 2.45) is 5.73 Å². The van der Waals surface area contributed by atoms with E-state index in [1.54, 1.807) is 11.3 Å². The molecule has 1 aromatic carbocycles. The Morgan fingerprint density at radius 3 is 2.62 bits per heavy atom. The summed E-state index contributed by atoms with van der Waals surface area (Å²) in [6.07, 6.45) is 4.78. The van der Waals surface area contributed by atoms with E-state index in [2.05, 4.69) is 49.3 Å². The third-order valence-electron chi connectivity index (χ3n) is 5.46. The standard InChI is InChI=1S/C19H19N7S.C2H6/c1-19(10-20)6-7-26(19)16-5-4-15(24-25-16)14-3-2-13(12-8-22-23-9-12)17-18(14)27-11-21-17;1-2/h2-5,8-9,11H,6-7,10,20H2,1H3,(H,22,23);1-2H3. The number of benzene rings is 1. The predicted molar refractivity (Wildman–Crippen MR) is 119 cm³/mol. The second-order valence-corrected chi connectivity index (χ2v) is 7.91. The highest BCUT2D eigenvalue weighted by Crippen LogP contribution is 2.37. The van der Waals surface area contributed by atoms with Gasteiger partial charge in [-0.15, -0.1) is 21.5 Å². The quantitative estimate of drug-likeness (QED) is 0.529. The van der Waals surface area contributed by atoms with Gasteiger partial charge in [-0.2, -0.15) is 5.10 Å². The number of hydrogen-bond donors (Lipinski definition) is 2. The van der Waals surface area contributed by atoms with E-state index in [9.17, 15) is 0 Å². The van der Waals surface area contributed by atoms with Crippen molar-refractivity contribution in [3.05, 3.63) is 42.2 Å². The summed E-state index contributed by atoms with van der Waals surface area (Å²) < 4.78 is 1.10. The first-order valence-electron chi connectivity index (χ1n) is 9.87. The van der Waals surface area contributed by atoms with E-state index < -0.39 is 0 Å². The van der Waals surface area contributed by atoms with Crippen LogP contribution in [0.15, 0.2) is 42.2 Å². The predicted octanol–water partition coefficient (Wildman–Crippen LogP) is 4.10. The first-order valence-corrected chi connectivity index (χ1v) is 10.7. The summed E-state index contributed by atoms with van der Waals surface area (Å²) in [4.78, 5) is 6.80. The van der Waals surface area contributed by atoms with Gasteiger partial charge in [-0.05, 0) is 25.5 Å². The Morgan fingerprint density at radius 2 is 2.00 bits per heavy atom. The summed E-state index contributed by atoms with van der Waals surface area (Å²) in [5.74, 6) is 0.883. The lowest BCUT2D eigenvalue weighted by Crippen LogP contribution is -2.62. The highest BCUT2D eigenvalue weighted by Gasteiger charge is 2.40. The Labute approximate surface area is 174 Å². The van der Waals surface area contributed by atoms with E-state index in [-0.39, 0.29) is 5.54 Å². The zero-order chi connectivity index (χ0) is 20.4. The minimum Gasteiger partial charge on any atom is -0.348 e. The first kappa shape index (κ1) is 19.5. The van der Waals surface area contributed by atoms with Gasteiger partial charge in [0.1, 0.15) is 0 Å². The van der Waals surface area contributed by atoms with Crippen LogP contribution in [0, 0.1) is 0 Å². The summed E-state index contributed by atoms with van der Waals surface area (Å²) in [5.41, 5.74) is 12.7. The maximum absolute atomic E-state index is 5.92. The molecule has 4 heterocycles. The van der Waals surface area contributed by atoms with Crippen LogP contribution in [0.3, 0.4) is 0 Å². The first-order chi connectivity index (χ1) is 14.2. The van der Waals surface area contributed by atoms with E-state index in [1.165, 1.54) is 0 Å². The summed E-state index contributed by atoms with van der Waals surface area (Å²) in [6.45, 7) is 7.76. The number of thiazole rings is 1. The molecule has 0 radical (unpaired) electrons. The molecule has 4 aromatic rings. The van der Waals surface area contributed by atoms with E-state index in [4.69, 9.17) is 5.73 Å². The highest BCUT2D eigenvalue weighted by atomic mass is 32.1. The molecule has 0 saturated carbocycles. The molecule has 0 bridgehead atoms. The zero-order valence-corrected chi connectivity index (χ0v) is 17.7. The van der Waals surface area contributed by atoms with E-state index in [0.717, 1.165) is 51.4 Å². The minimum atomic E-state index is -0.00657. The van der Waals surface area contributed by atoms with Gasteiger partial charge in [0.2, 0.25) is 0 Å². The lowest BCUT2D eigenvalue weighted by Gasteiger charge is -2.50. The van der Waals surface area contributed by atoms with Crippen LogP contribution in [0.4, 0.5) is 5.82 Å². The van der Waals surface area contributed by atoms with Crippen molar-refractivity contribution in [3.8, 4) is 22.4 Å². The number of aromatic nitrogens is 5. The van der Waals surface area contributed by atoms with Crippen molar-refractivity contribution >= 4 is 27.4 Å². The van der Waals surface area contributed by atoms with Crippen molar-refractivity contribution < 1.29 is 0 Å². The van der Waals surface area contributed by atoms with Crippen LogP contribution < -0.4 is 10.6 Å². The topological polar surface area (TPSA) is 96.6 Å². The summed E-state index contributed by atoms with van der Waals surface area (Å²) >= 11 is 1.61. The van der Waals surface area contributed by atoms with Crippen LogP contribution in [0.5, 0.6) is 0 Å². The molecule has 1 fully saturated rings. The molecule has 8 heteroatoms. The highest BCUT2D eigenvalue weighted by molar-refractivity contribution is 7.17. The average molecular weight is 408 g/mol. The van der Waals surface area contributed by atoms with Gasteiger partial charge in [0, 0.05) is 36.0 Å². The molecule has 1 atom stereocenters. The number of rotatable bonds is 4. The molecular formula is C21H25N7S. The van der Waals surface area contributed by atoms with Crippen LogP contribution >= 0.6 is 11.3 Å². The number of fused-ring (bicyclic) bond motifs is 1. The number of aromatic amines is 1. The van der Waals surface area contributed by atoms with Crippen LogP contribution in [-0.2, 0) is 0 Å². The van der Waals surface area contributed by atoms with Crippen LogP contribution in [0.1, 0.15) is 27.2 Å². The fourth-order valence-corrected chi connectivity index (χ4v) is 4.44. The third kappa shape index (κ3) is 3.28. The van der Waals surface area contributed by atoms with Crippen molar-refractivity contribution in [1.82, 2.24) is 25.4 Å². The molecule has 5 rings (SSSR count). The van der Waals surface area contributed by atoms with Gasteiger partial charge in [-0.25, -0.2) is 4.98 Å². The molecule has 0 aliphatic carbocycles. The molecule has 1 saturated heterocycles. The van der Waals surface area contributed by atoms with E-state index in [1.807, 2.05) is 43.9 Å². The monoisotopic (exact) mass is 407 g/mol. The molecule has 3 N–H and O–H groups in total. The molecule has 1 unspecified atom stereocenters. The number of anilines is 1. The number of nitrogens with zero attached hydrogens (tertiary/aromatic N) is 5. The Bertz CT molecular complexity index is 1080. The number of nitrogens with two attached hydrogens (primary N) is 1. The molecule has 3 aromatic heterocycles. The Balaban J connectivity index is 0.000000994. The van der Waals surface area contributed by atoms with Gasteiger partial charge in [-0.3, -0.25) is 5.10 Å². The Morgan fingerprint density at radius 1 is 1.17 bits per heavy atom. The Kier molecular flexibility index (Phi) is 5.29. The maximum Gasteiger partial charge on any atom is 0.151 e. The second-order valence-electron chi connectivity index (χ2n) is 7.06. The molecule has 7 nitrogen and oxygen atoms in total. The normalized spacial score (nSPS) is 18.3. The number of hydrogen-bond acceptors (Lipinski definition) is 7. The average Bonchev–Trinajstić information content (AvgIpc) is 3.46. The van der Waals surface area contributed by atoms with Crippen LogP contribution in [0.25, 0.3) is 32.6 Å². The summed E-state index contributed by atoms with van der Waals surface area (Å²) in [5, 5.41) is 15.9. The molecular weight excluding hydrogens is 382 g/mol. The lowest BCUT2D eigenvalue weighted by molar-refractivity contribution is 0.307. The number of H-pyrrole nitrogens is 1. The van der Waals surface area contributed by atoms with Crippen molar-refractivity contribution in [2.75, 3.05) is 18.0 Å². The van der Waals surface area contributed by atoms with Crippen molar-refractivity contribution in [3.63, 3.8) is 0 Å². The van der Waals surface area contributed by atoms with Crippen molar-refractivity contribution in [1.29, 1.82) is 0 Å². The fourth-order valence-electron chi connectivity index (χ4n) is 3.60.